The monoisotopic (exact) mass is 384 g/mol. The number of hydrazine groups is 1. The molecular weight excluding hydrogens is 372 g/mol. The number of carbonyl (C=O) groups excluding carboxylic acids is 2. The Labute approximate surface area is 146 Å². The van der Waals surface area contributed by atoms with E-state index < -0.39 is 11.8 Å². The van der Waals surface area contributed by atoms with Crippen molar-refractivity contribution in [3.05, 3.63) is 82.6 Å². The molecule has 1 aromatic heterocycles. The van der Waals surface area contributed by atoms with Crippen molar-refractivity contribution in [2.75, 3.05) is 0 Å². The molecule has 0 unspecified atom stereocenters. The molecule has 2 N–H and O–H groups in total. The fourth-order valence-corrected chi connectivity index (χ4v) is 2.28. The Morgan fingerprint density at radius 2 is 1.54 bits per heavy atom. The van der Waals surface area contributed by atoms with Crippen LogP contribution in [0, 0.1) is 0 Å². The van der Waals surface area contributed by atoms with Crippen molar-refractivity contribution in [2.45, 2.75) is 0 Å². The third kappa shape index (κ3) is 3.69. The molecule has 3 aromatic rings. The van der Waals surface area contributed by atoms with Gasteiger partial charge in [0.05, 0.1) is 5.69 Å². The van der Waals surface area contributed by atoms with Gasteiger partial charge in [0.25, 0.3) is 11.8 Å². The van der Waals surface area contributed by atoms with Crippen molar-refractivity contribution in [3.63, 3.8) is 0 Å². The van der Waals surface area contributed by atoms with Crippen molar-refractivity contribution < 1.29 is 9.59 Å². The molecule has 0 saturated heterocycles. The summed E-state index contributed by atoms with van der Waals surface area (Å²) in [6.45, 7) is 0. The number of halogens is 1. The summed E-state index contributed by atoms with van der Waals surface area (Å²) in [6.07, 6.45) is 1.68. The number of aromatic nitrogens is 2. The van der Waals surface area contributed by atoms with E-state index in [9.17, 15) is 9.59 Å². The minimum atomic E-state index is -0.491. The molecule has 0 radical (unpaired) electrons. The fourth-order valence-electron chi connectivity index (χ4n) is 2.02. The summed E-state index contributed by atoms with van der Waals surface area (Å²) in [5.41, 5.74) is 6.20. The Bertz CT molecular complexity index is 860. The number of para-hydroxylation sites is 1. The third-order valence-corrected chi connectivity index (χ3v) is 3.77. The highest BCUT2D eigenvalue weighted by Gasteiger charge is 2.12. The van der Waals surface area contributed by atoms with Crippen LogP contribution in [0.5, 0.6) is 0 Å². The molecule has 6 nitrogen and oxygen atoms in total. The van der Waals surface area contributed by atoms with Crippen LogP contribution in [0.15, 0.2) is 71.3 Å². The van der Waals surface area contributed by atoms with Gasteiger partial charge in [-0.15, -0.1) is 0 Å². The van der Waals surface area contributed by atoms with Gasteiger partial charge in [-0.3, -0.25) is 20.4 Å². The quantitative estimate of drug-likeness (QED) is 0.681. The molecule has 120 valence electrons. The van der Waals surface area contributed by atoms with Crippen LogP contribution in [0.1, 0.15) is 20.8 Å². The Morgan fingerprint density at radius 3 is 2.25 bits per heavy atom. The maximum atomic E-state index is 12.1. The molecule has 2 aromatic carbocycles. The third-order valence-electron chi connectivity index (χ3n) is 3.24. The van der Waals surface area contributed by atoms with Gasteiger partial charge in [-0.1, -0.05) is 34.1 Å². The topological polar surface area (TPSA) is 76.0 Å². The summed E-state index contributed by atoms with van der Waals surface area (Å²) in [6, 6.07) is 17.8. The van der Waals surface area contributed by atoms with E-state index in [1.165, 1.54) is 0 Å². The lowest BCUT2D eigenvalue weighted by Gasteiger charge is -2.06. The molecule has 0 bridgehead atoms. The van der Waals surface area contributed by atoms with Crippen molar-refractivity contribution in [3.8, 4) is 5.69 Å². The average Bonchev–Trinajstić information content (AvgIpc) is 3.11. The second kappa shape index (κ2) is 7.10. The number of nitrogens with zero attached hydrogens (tertiary/aromatic N) is 2. The normalized spacial score (nSPS) is 10.2. The van der Waals surface area contributed by atoms with Gasteiger partial charge in [0.2, 0.25) is 0 Å². The maximum absolute atomic E-state index is 12.1. The van der Waals surface area contributed by atoms with Gasteiger partial charge in [-0.25, -0.2) is 4.68 Å². The second-order valence-electron chi connectivity index (χ2n) is 4.90. The predicted octanol–water partition coefficient (Wildman–Crippen LogP) is 2.71. The minimum Gasteiger partial charge on any atom is -0.267 e. The van der Waals surface area contributed by atoms with Gasteiger partial charge < -0.3 is 0 Å². The van der Waals surface area contributed by atoms with E-state index in [-0.39, 0.29) is 5.69 Å². The number of hydrogen-bond acceptors (Lipinski definition) is 3. The first-order chi connectivity index (χ1) is 11.6. The fraction of sp³-hybridized carbons (Fsp3) is 0. The van der Waals surface area contributed by atoms with Crippen LogP contribution in [0.25, 0.3) is 5.69 Å². The highest BCUT2D eigenvalue weighted by molar-refractivity contribution is 9.10. The lowest BCUT2D eigenvalue weighted by molar-refractivity contribution is 0.0843. The highest BCUT2D eigenvalue weighted by atomic mass is 79.9. The summed E-state index contributed by atoms with van der Waals surface area (Å²) in [5.74, 6) is -0.895. The molecule has 0 aliphatic rings. The molecule has 0 spiro atoms. The molecule has 0 fully saturated rings. The molecule has 0 aliphatic carbocycles. The zero-order chi connectivity index (χ0) is 16.9. The van der Waals surface area contributed by atoms with Crippen molar-refractivity contribution >= 4 is 27.7 Å². The van der Waals surface area contributed by atoms with Crippen LogP contribution in [0.4, 0.5) is 0 Å². The van der Waals surface area contributed by atoms with E-state index in [2.05, 4.69) is 31.9 Å². The molecule has 0 aliphatic heterocycles. The van der Waals surface area contributed by atoms with Gasteiger partial charge in [0.1, 0.15) is 0 Å². The number of amides is 2. The van der Waals surface area contributed by atoms with Gasteiger partial charge in [0.15, 0.2) is 5.69 Å². The van der Waals surface area contributed by atoms with E-state index in [1.54, 1.807) is 41.2 Å². The standard InChI is InChI=1S/C17H13BrN4O2/c18-13-8-6-12(7-9-13)16(23)19-20-17(24)15-10-11-22(21-15)14-4-2-1-3-5-14/h1-11H,(H,19,23)(H,20,24). The van der Waals surface area contributed by atoms with Crippen LogP contribution in [-0.2, 0) is 0 Å². The average molecular weight is 385 g/mol. The number of rotatable bonds is 3. The van der Waals surface area contributed by atoms with Gasteiger partial charge in [0, 0.05) is 16.2 Å². The smallest absolute Gasteiger partial charge is 0.267 e. The van der Waals surface area contributed by atoms with Gasteiger partial charge in [-0.05, 0) is 42.5 Å². The van der Waals surface area contributed by atoms with Crippen molar-refractivity contribution in [1.29, 1.82) is 0 Å². The summed E-state index contributed by atoms with van der Waals surface area (Å²) in [5, 5.41) is 4.19. The predicted molar refractivity (Wildman–Crippen MR) is 92.6 cm³/mol. The minimum absolute atomic E-state index is 0.204. The SMILES string of the molecule is O=C(NNC(=O)c1ccn(-c2ccccc2)n1)c1ccc(Br)cc1. The van der Waals surface area contributed by atoms with E-state index in [0.717, 1.165) is 10.2 Å². The molecule has 24 heavy (non-hydrogen) atoms. The van der Waals surface area contributed by atoms with Gasteiger partial charge >= 0.3 is 0 Å². The second-order valence-corrected chi connectivity index (χ2v) is 5.81. The molecule has 3 rings (SSSR count). The summed E-state index contributed by atoms with van der Waals surface area (Å²) >= 11 is 3.30. The van der Waals surface area contributed by atoms with Crippen LogP contribution < -0.4 is 10.9 Å². The van der Waals surface area contributed by atoms with E-state index in [4.69, 9.17) is 0 Å². The number of benzene rings is 2. The zero-order valence-electron chi connectivity index (χ0n) is 12.4. The maximum Gasteiger partial charge on any atom is 0.290 e. The largest absolute Gasteiger partial charge is 0.290 e. The molecule has 0 saturated carbocycles. The zero-order valence-corrected chi connectivity index (χ0v) is 14.0. The Morgan fingerprint density at radius 1 is 0.875 bits per heavy atom. The molecule has 7 heteroatoms. The molecule has 2 amide bonds. The van der Waals surface area contributed by atoms with Crippen LogP contribution in [-0.4, -0.2) is 21.6 Å². The van der Waals surface area contributed by atoms with Crippen molar-refractivity contribution in [1.82, 2.24) is 20.6 Å². The summed E-state index contributed by atoms with van der Waals surface area (Å²) < 4.78 is 2.46. The van der Waals surface area contributed by atoms with Gasteiger partial charge in [-0.2, -0.15) is 5.10 Å². The molecule has 1 heterocycles. The van der Waals surface area contributed by atoms with Crippen LogP contribution >= 0.6 is 15.9 Å². The number of nitrogens with one attached hydrogen (secondary N) is 2. The summed E-state index contributed by atoms with van der Waals surface area (Å²) in [7, 11) is 0. The first-order valence-electron chi connectivity index (χ1n) is 7.11. The lowest BCUT2D eigenvalue weighted by atomic mass is 10.2. The Balaban J connectivity index is 1.62. The number of hydrogen-bond donors (Lipinski definition) is 2. The van der Waals surface area contributed by atoms with Crippen LogP contribution in [0.3, 0.4) is 0 Å². The molecule has 0 atom stereocenters. The highest BCUT2D eigenvalue weighted by Crippen LogP contribution is 2.10. The Kier molecular flexibility index (Phi) is 4.72. The number of carbonyl (C=O) groups is 2. The van der Waals surface area contributed by atoms with E-state index in [0.29, 0.717) is 5.56 Å². The Hall–Kier alpha value is -2.93. The van der Waals surface area contributed by atoms with E-state index >= 15 is 0 Å². The van der Waals surface area contributed by atoms with E-state index in [1.807, 2.05) is 30.3 Å². The molecular formula is C17H13BrN4O2. The van der Waals surface area contributed by atoms with Crippen molar-refractivity contribution in [2.24, 2.45) is 0 Å². The summed E-state index contributed by atoms with van der Waals surface area (Å²) in [4.78, 5) is 24.0. The first-order valence-corrected chi connectivity index (χ1v) is 7.90. The lowest BCUT2D eigenvalue weighted by Crippen LogP contribution is -2.41. The first kappa shape index (κ1) is 15.9. The van der Waals surface area contributed by atoms with Crippen LogP contribution in [0.2, 0.25) is 0 Å².